The van der Waals surface area contributed by atoms with Crippen LogP contribution in [0.4, 0.5) is 0 Å². The van der Waals surface area contributed by atoms with Crippen LogP contribution < -0.4 is 16.0 Å². The van der Waals surface area contributed by atoms with Crippen LogP contribution in [-0.2, 0) is 0 Å². The maximum absolute atomic E-state index is 12.4. The van der Waals surface area contributed by atoms with E-state index in [1.165, 1.54) is 0 Å². The zero-order chi connectivity index (χ0) is 16.7. The van der Waals surface area contributed by atoms with Gasteiger partial charge in [-0.3, -0.25) is 4.79 Å². The van der Waals surface area contributed by atoms with Gasteiger partial charge in [-0.05, 0) is 18.6 Å². The number of nitrogens with one attached hydrogen (secondary N) is 1. The van der Waals surface area contributed by atoms with Crippen molar-refractivity contribution in [3.8, 4) is 11.9 Å². The molecule has 0 bridgehead atoms. The van der Waals surface area contributed by atoms with E-state index >= 15 is 0 Å². The van der Waals surface area contributed by atoms with Crippen LogP contribution in [-0.4, -0.2) is 9.97 Å². The van der Waals surface area contributed by atoms with Crippen LogP contribution in [0.3, 0.4) is 0 Å². The van der Waals surface area contributed by atoms with Crippen LogP contribution in [0.15, 0.2) is 34.4 Å². The molecule has 2 heterocycles. The highest BCUT2D eigenvalue weighted by Crippen LogP contribution is 2.43. The number of hydrogen-bond donors (Lipinski definition) is 2. The van der Waals surface area contributed by atoms with Gasteiger partial charge >= 0.3 is 0 Å². The molecule has 1 aromatic carbocycles. The number of benzene rings is 1. The molecule has 0 radical (unpaired) electrons. The topological polar surface area (TPSA) is 105 Å². The lowest BCUT2D eigenvalue weighted by atomic mass is 9.85. The van der Waals surface area contributed by atoms with E-state index in [4.69, 9.17) is 33.7 Å². The van der Waals surface area contributed by atoms with Gasteiger partial charge in [-0.15, -0.1) is 0 Å². The largest absolute Gasteiger partial charge is 0.422 e. The van der Waals surface area contributed by atoms with Gasteiger partial charge in [0.2, 0.25) is 11.8 Å². The summed E-state index contributed by atoms with van der Waals surface area (Å²) in [6, 6.07) is 6.95. The summed E-state index contributed by atoms with van der Waals surface area (Å²) in [4.78, 5) is 19.1. The molecule has 1 atom stereocenters. The van der Waals surface area contributed by atoms with Crippen molar-refractivity contribution < 1.29 is 4.74 Å². The predicted molar refractivity (Wildman–Crippen MR) is 85.4 cm³/mol. The first-order chi connectivity index (χ1) is 10.9. The highest BCUT2D eigenvalue weighted by Gasteiger charge is 2.35. The summed E-state index contributed by atoms with van der Waals surface area (Å²) >= 11 is 12.3. The van der Waals surface area contributed by atoms with Gasteiger partial charge < -0.3 is 15.5 Å². The lowest BCUT2D eigenvalue weighted by Gasteiger charge is -2.25. The molecule has 6 nitrogen and oxygen atoms in total. The summed E-state index contributed by atoms with van der Waals surface area (Å²) < 4.78 is 5.35. The van der Waals surface area contributed by atoms with Crippen LogP contribution in [0.1, 0.15) is 22.9 Å². The van der Waals surface area contributed by atoms with Gasteiger partial charge in [0.1, 0.15) is 17.5 Å². The zero-order valence-corrected chi connectivity index (χ0v) is 13.4. The maximum Gasteiger partial charge on any atom is 0.258 e. The molecule has 1 aliphatic rings. The summed E-state index contributed by atoms with van der Waals surface area (Å²) in [6.45, 7) is 1.62. The molecule has 8 heteroatoms. The van der Waals surface area contributed by atoms with Crippen LogP contribution in [0, 0.1) is 18.3 Å². The number of rotatable bonds is 1. The number of aryl methyl sites for hydroxylation is 1. The van der Waals surface area contributed by atoms with Gasteiger partial charge in [0.15, 0.2) is 0 Å². The molecule has 1 aromatic heterocycles. The third-order valence-corrected chi connectivity index (χ3v) is 4.33. The number of aromatic nitrogens is 2. The minimum atomic E-state index is -0.799. The normalized spacial score (nSPS) is 16.5. The molecular weight excluding hydrogens is 339 g/mol. The zero-order valence-electron chi connectivity index (χ0n) is 11.9. The number of nitrogens with two attached hydrogens (primary N) is 1. The Bertz CT molecular complexity index is 943. The lowest BCUT2D eigenvalue weighted by molar-refractivity contribution is 0.373. The van der Waals surface area contributed by atoms with E-state index in [2.05, 4.69) is 9.97 Å². The van der Waals surface area contributed by atoms with Gasteiger partial charge in [0, 0.05) is 0 Å². The fourth-order valence-electron chi connectivity index (χ4n) is 2.52. The van der Waals surface area contributed by atoms with E-state index in [-0.39, 0.29) is 27.9 Å². The highest BCUT2D eigenvalue weighted by molar-refractivity contribution is 6.42. The molecule has 0 fully saturated rings. The third kappa shape index (κ3) is 2.44. The van der Waals surface area contributed by atoms with Crippen molar-refractivity contribution in [1.82, 2.24) is 9.97 Å². The Balaban J connectivity index is 2.37. The minimum absolute atomic E-state index is 0.0591. The number of H-pyrrole nitrogens is 1. The quantitative estimate of drug-likeness (QED) is 0.823. The number of hydrogen-bond acceptors (Lipinski definition) is 5. The van der Waals surface area contributed by atoms with E-state index in [0.717, 1.165) is 0 Å². The predicted octanol–water partition coefficient (Wildman–Crippen LogP) is 2.60. The number of allylic oxidation sites excluding steroid dienone is 1. The molecule has 116 valence electrons. The molecule has 3 N–H and O–H groups in total. The Hall–Kier alpha value is -2.49. The van der Waals surface area contributed by atoms with Gasteiger partial charge in [-0.2, -0.15) is 10.2 Å². The molecule has 0 aliphatic carbocycles. The molecule has 0 saturated carbocycles. The molecule has 3 rings (SSSR count). The van der Waals surface area contributed by atoms with E-state index < -0.39 is 11.5 Å². The second-order valence-electron chi connectivity index (χ2n) is 4.94. The Kier molecular flexibility index (Phi) is 3.76. The lowest BCUT2D eigenvalue weighted by Crippen LogP contribution is -2.29. The van der Waals surface area contributed by atoms with Gasteiger partial charge in [0.05, 0.1) is 21.5 Å². The summed E-state index contributed by atoms with van der Waals surface area (Å²) in [5.74, 6) is -0.480. The van der Waals surface area contributed by atoms with Crippen molar-refractivity contribution in [3.63, 3.8) is 0 Å². The number of ether oxygens (including phenoxy) is 1. The molecule has 23 heavy (non-hydrogen) atoms. The number of nitriles is 1. The Morgan fingerprint density at radius 1 is 1.43 bits per heavy atom. The molecule has 0 spiro atoms. The standard InChI is InChI=1S/C15H10Cl2N4O2/c1-6-20-14(22)11-10(7-3-2-4-9(16)12(7)17)8(5-18)13(19)23-15(11)21-6/h2-4,10H,19H2,1H3,(H,20,21,22). The molecular formula is C15H10Cl2N4O2. The van der Waals surface area contributed by atoms with Gasteiger partial charge in [0.25, 0.3) is 5.56 Å². The van der Waals surface area contributed by atoms with Crippen molar-refractivity contribution >= 4 is 23.2 Å². The first-order valence-corrected chi connectivity index (χ1v) is 7.32. The number of aromatic amines is 1. The summed E-state index contributed by atoms with van der Waals surface area (Å²) in [5, 5.41) is 10.0. The first kappa shape index (κ1) is 15.4. The van der Waals surface area contributed by atoms with Crippen LogP contribution in [0.5, 0.6) is 5.88 Å². The van der Waals surface area contributed by atoms with Crippen molar-refractivity contribution in [2.45, 2.75) is 12.8 Å². The SMILES string of the molecule is Cc1nc2c(c(=O)[nH]1)C(c1cccc(Cl)c1Cl)C(C#N)=C(N)O2. The van der Waals surface area contributed by atoms with Crippen LogP contribution >= 0.6 is 23.2 Å². The van der Waals surface area contributed by atoms with Crippen molar-refractivity contribution in [2.24, 2.45) is 5.73 Å². The van der Waals surface area contributed by atoms with Gasteiger partial charge in [-0.25, -0.2) is 0 Å². The van der Waals surface area contributed by atoms with Gasteiger partial charge in [-0.1, -0.05) is 35.3 Å². The van der Waals surface area contributed by atoms with E-state index in [9.17, 15) is 10.1 Å². The van der Waals surface area contributed by atoms with Crippen LogP contribution in [0.25, 0.3) is 0 Å². The molecule has 2 aromatic rings. The maximum atomic E-state index is 12.4. The van der Waals surface area contributed by atoms with Crippen molar-refractivity contribution in [1.29, 1.82) is 5.26 Å². The monoisotopic (exact) mass is 348 g/mol. The second kappa shape index (κ2) is 5.61. The van der Waals surface area contributed by atoms with E-state index in [1.54, 1.807) is 25.1 Å². The van der Waals surface area contributed by atoms with Crippen LogP contribution in [0.2, 0.25) is 10.0 Å². The number of halogens is 2. The second-order valence-corrected chi connectivity index (χ2v) is 5.72. The van der Waals surface area contributed by atoms with Crippen molar-refractivity contribution in [3.05, 3.63) is 67.0 Å². The summed E-state index contributed by atoms with van der Waals surface area (Å²) in [6.07, 6.45) is 0. The third-order valence-electron chi connectivity index (χ3n) is 3.50. The molecule has 1 unspecified atom stereocenters. The van der Waals surface area contributed by atoms with E-state index in [0.29, 0.717) is 16.4 Å². The summed E-state index contributed by atoms with van der Waals surface area (Å²) in [5.41, 5.74) is 6.14. The Morgan fingerprint density at radius 2 is 2.17 bits per heavy atom. The fourth-order valence-corrected chi connectivity index (χ4v) is 2.94. The Morgan fingerprint density at radius 3 is 2.87 bits per heavy atom. The van der Waals surface area contributed by atoms with Crippen molar-refractivity contribution in [2.75, 3.05) is 0 Å². The minimum Gasteiger partial charge on any atom is -0.422 e. The first-order valence-electron chi connectivity index (χ1n) is 6.56. The molecule has 1 aliphatic heterocycles. The number of fused-ring (bicyclic) bond motifs is 1. The molecule has 0 amide bonds. The smallest absolute Gasteiger partial charge is 0.258 e. The average molecular weight is 349 g/mol. The summed E-state index contributed by atoms with van der Waals surface area (Å²) in [7, 11) is 0. The highest BCUT2D eigenvalue weighted by atomic mass is 35.5. The van der Waals surface area contributed by atoms with E-state index in [1.807, 2.05) is 6.07 Å². The fraction of sp³-hybridized carbons (Fsp3) is 0.133. The molecule has 0 saturated heterocycles. The average Bonchev–Trinajstić information content (AvgIpc) is 2.48. The Labute approximate surface area is 141 Å². The number of nitrogens with zero attached hydrogens (tertiary/aromatic N) is 2.